The Labute approximate surface area is 96.8 Å². The summed E-state index contributed by atoms with van der Waals surface area (Å²) in [7, 11) is 1.74. The van der Waals surface area contributed by atoms with Gasteiger partial charge in [0.1, 0.15) is 11.5 Å². The minimum Gasteiger partial charge on any atom is -0.373 e. The van der Waals surface area contributed by atoms with Crippen molar-refractivity contribution in [1.29, 1.82) is 0 Å². The SMILES string of the molecule is CNc1cccc(C(=O)NCc2nn[nH]n2)n1. The van der Waals surface area contributed by atoms with Crippen molar-refractivity contribution in [1.82, 2.24) is 30.9 Å². The predicted molar refractivity (Wildman–Crippen MR) is 59.1 cm³/mol. The van der Waals surface area contributed by atoms with Gasteiger partial charge in [-0.3, -0.25) is 4.79 Å². The Bertz CT molecular complexity index is 496. The van der Waals surface area contributed by atoms with E-state index >= 15 is 0 Å². The summed E-state index contributed by atoms with van der Waals surface area (Å²) < 4.78 is 0. The summed E-state index contributed by atoms with van der Waals surface area (Å²) >= 11 is 0. The molecule has 0 unspecified atom stereocenters. The number of nitrogens with one attached hydrogen (secondary N) is 3. The molecule has 0 aliphatic carbocycles. The number of carbonyl (C=O) groups is 1. The Morgan fingerprint density at radius 1 is 1.47 bits per heavy atom. The number of tetrazole rings is 1. The van der Waals surface area contributed by atoms with Crippen LogP contribution in [0.25, 0.3) is 0 Å². The molecule has 8 heteroatoms. The fourth-order valence-electron chi connectivity index (χ4n) is 1.21. The summed E-state index contributed by atoms with van der Waals surface area (Å²) in [6.07, 6.45) is 0. The van der Waals surface area contributed by atoms with Crippen LogP contribution in [0.15, 0.2) is 18.2 Å². The Kier molecular flexibility index (Phi) is 3.24. The molecule has 0 atom stereocenters. The van der Waals surface area contributed by atoms with Gasteiger partial charge in [0.25, 0.3) is 5.91 Å². The smallest absolute Gasteiger partial charge is 0.270 e. The average molecular weight is 233 g/mol. The Morgan fingerprint density at radius 2 is 2.35 bits per heavy atom. The molecule has 3 N–H and O–H groups in total. The summed E-state index contributed by atoms with van der Waals surface area (Å²) in [5.41, 5.74) is 0.334. The molecule has 0 aliphatic rings. The van der Waals surface area contributed by atoms with Crippen molar-refractivity contribution < 1.29 is 4.79 Å². The number of rotatable bonds is 4. The van der Waals surface area contributed by atoms with Gasteiger partial charge in [-0.25, -0.2) is 4.98 Å². The second kappa shape index (κ2) is 5.01. The van der Waals surface area contributed by atoms with Crippen molar-refractivity contribution in [3.63, 3.8) is 0 Å². The van der Waals surface area contributed by atoms with Crippen LogP contribution in [0.2, 0.25) is 0 Å². The monoisotopic (exact) mass is 233 g/mol. The van der Waals surface area contributed by atoms with Gasteiger partial charge >= 0.3 is 0 Å². The van der Waals surface area contributed by atoms with Crippen molar-refractivity contribution in [3.8, 4) is 0 Å². The van der Waals surface area contributed by atoms with E-state index in [2.05, 4.69) is 36.2 Å². The van der Waals surface area contributed by atoms with Crippen molar-refractivity contribution in [2.75, 3.05) is 12.4 Å². The summed E-state index contributed by atoms with van der Waals surface area (Å²) in [5, 5.41) is 18.6. The second-order valence-electron chi connectivity index (χ2n) is 3.17. The number of hydrogen-bond donors (Lipinski definition) is 3. The summed E-state index contributed by atoms with van der Waals surface area (Å²) in [6, 6.07) is 5.16. The van der Waals surface area contributed by atoms with Crippen molar-refractivity contribution >= 4 is 11.7 Å². The van der Waals surface area contributed by atoms with Crippen LogP contribution in [0.1, 0.15) is 16.3 Å². The fraction of sp³-hybridized carbons (Fsp3) is 0.222. The first-order valence-corrected chi connectivity index (χ1v) is 4.95. The molecule has 0 fully saturated rings. The highest BCUT2D eigenvalue weighted by Crippen LogP contribution is 2.03. The second-order valence-corrected chi connectivity index (χ2v) is 3.17. The van der Waals surface area contributed by atoms with Gasteiger partial charge in [-0.2, -0.15) is 5.21 Å². The third-order valence-electron chi connectivity index (χ3n) is 2.03. The molecule has 0 radical (unpaired) electrons. The number of aromatic amines is 1. The van der Waals surface area contributed by atoms with Crippen molar-refractivity contribution in [2.24, 2.45) is 0 Å². The summed E-state index contributed by atoms with van der Waals surface area (Å²) in [4.78, 5) is 15.8. The van der Waals surface area contributed by atoms with Crippen LogP contribution in [-0.2, 0) is 6.54 Å². The molecule has 17 heavy (non-hydrogen) atoms. The van der Waals surface area contributed by atoms with Gasteiger partial charge < -0.3 is 10.6 Å². The molecule has 88 valence electrons. The molecule has 0 spiro atoms. The maximum absolute atomic E-state index is 11.7. The molecule has 2 aromatic heterocycles. The highest BCUT2D eigenvalue weighted by molar-refractivity contribution is 5.92. The normalized spacial score (nSPS) is 9.94. The quantitative estimate of drug-likeness (QED) is 0.661. The molecule has 2 aromatic rings. The van der Waals surface area contributed by atoms with Gasteiger partial charge in [0.15, 0.2) is 5.82 Å². The number of amides is 1. The standard InChI is InChI=1S/C9H11N7O/c1-10-7-4-2-3-6(12-7)9(17)11-5-8-13-15-16-14-8/h2-4H,5H2,1H3,(H,10,12)(H,11,17)(H,13,14,15,16). The lowest BCUT2D eigenvalue weighted by Crippen LogP contribution is -2.24. The first kappa shape index (κ1) is 11.0. The number of carbonyl (C=O) groups excluding carboxylic acids is 1. The molecule has 2 rings (SSSR count). The first-order chi connectivity index (χ1) is 8.29. The molecular weight excluding hydrogens is 222 g/mol. The van der Waals surface area contributed by atoms with E-state index < -0.39 is 0 Å². The van der Waals surface area contributed by atoms with Gasteiger partial charge in [-0.1, -0.05) is 11.3 Å². The van der Waals surface area contributed by atoms with E-state index in [9.17, 15) is 4.79 Å². The highest BCUT2D eigenvalue weighted by Gasteiger charge is 2.08. The molecule has 8 nitrogen and oxygen atoms in total. The predicted octanol–water partition coefficient (Wildman–Crippen LogP) is -0.434. The zero-order chi connectivity index (χ0) is 12.1. The van der Waals surface area contributed by atoms with E-state index in [4.69, 9.17) is 0 Å². The van der Waals surface area contributed by atoms with E-state index in [1.165, 1.54) is 0 Å². The molecule has 2 heterocycles. The van der Waals surface area contributed by atoms with Crippen LogP contribution in [0.3, 0.4) is 0 Å². The highest BCUT2D eigenvalue weighted by atomic mass is 16.1. The molecule has 1 amide bonds. The number of nitrogens with zero attached hydrogens (tertiary/aromatic N) is 4. The maximum atomic E-state index is 11.7. The summed E-state index contributed by atoms with van der Waals surface area (Å²) in [6.45, 7) is 0.209. The van der Waals surface area contributed by atoms with E-state index in [-0.39, 0.29) is 12.5 Å². The number of H-pyrrole nitrogens is 1. The molecule has 0 aliphatic heterocycles. The average Bonchev–Trinajstić information content (AvgIpc) is 2.89. The minimum atomic E-state index is -0.285. The van der Waals surface area contributed by atoms with E-state index in [1.807, 2.05) is 0 Å². The van der Waals surface area contributed by atoms with Gasteiger partial charge in [-0.05, 0) is 12.1 Å². The van der Waals surface area contributed by atoms with Crippen LogP contribution in [-0.4, -0.2) is 38.6 Å². The zero-order valence-corrected chi connectivity index (χ0v) is 9.14. The number of hydrogen-bond acceptors (Lipinski definition) is 6. The maximum Gasteiger partial charge on any atom is 0.270 e. The number of pyridine rings is 1. The molecule has 0 saturated carbocycles. The Hall–Kier alpha value is -2.51. The molecular formula is C9H11N7O. The molecule has 0 bridgehead atoms. The lowest BCUT2D eigenvalue weighted by molar-refractivity contribution is 0.0945. The van der Waals surface area contributed by atoms with Crippen LogP contribution >= 0.6 is 0 Å². The third-order valence-corrected chi connectivity index (χ3v) is 2.03. The first-order valence-electron chi connectivity index (χ1n) is 4.95. The van der Waals surface area contributed by atoms with Gasteiger partial charge in [0.2, 0.25) is 0 Å². The van der Waals surface area contributed by atoms with Crippen LogP contribution in [0, 0.1) is 0 Å². The van der Waals surface area contributed by atoms with Crippen molar-refractivity contribution in [2.45, 2.75) is 6.54 Å². The lowest BCUT2D eigenvalue weighted by atomic mass is 10.3. The lowest BCUT2D eigenvalue weighted by Gasteiger charge is -2.03. The van der Waals surface area contributed by atoms with Crippen LogP contribution < -0.4 is 10.6 Å². The van der Waals surface area contributed by atoms with E-state index in [0.717, 1.165) is 0 Å². The van der Waals surface area contributed by atoms with Gasteiger partial charge in [0.05, 0.1) is 6.54 Å². The zero-order valence-electron chi connectivity index (χ0n) is 9.14. The number of aromatic nitrogens is 5. The van der Waals surface area contributed by atoms with Gasteiger partial charge in [-0.15, -0.1) is 10.2 Å². The number of anilines is 1. The molecule has 0 aromatic carbocycles. The van der Waals surface area contributed by atoms with Crippen molar-refractivity contribution in [3.05, 3.63) is 29.7 Å². The fourth-order valence-corrected chi connectivity index (χ4v) is 1.21. The Balaban J connectivity index is 1.99. The van der Waals surface area contributed by atoms with Crippen LogP contribution in [0.5, 0.6) is 0 Å². The third kappa shape index (κ3) is 2.74. The largest absolute Gasteiger partial charge is 0.373 e. The van der Waals surface area contributed by atoms with E-state index in [1.54, 1.807) is 25.2 Å². The topological polar surface area (TPSA) is 108 Å². The Morgan fingerprint density at radius 3 is 3.06 bits per heavy atom. The van der Waals surface area contributed by atoms with Gasteiger partial charge in [0, 0.05) is 7.05 Å². The van der Waals surface area contributed by atoms with Crippen LogP contribution in [0.4, 0.5) is 5.82 Å². The molecule has 0 saturated heterocycles. The minimum absolute atomic E-state index is 0.209. The summed E-state index contributed by atoms with van der Waals surface area (Å²) in [5.74, 6) is 0.771. The van der Waals surface area contributed by atoms with E-state index in [0.29, 0.717) is 17.3 Å².